The monoisotopic (exact) mass is 478 g/mol. The fourth-order valence-corrected chi connectivity index (χ4v) is 1.89. The molecule has 0 aromatic heterocycles. The highest BCUT2D eigenvalue weighted by Crippen LogP contribution is 2.19. The number of nitrogens with two attached hydrogens (primary N) is 1. The number of hydrogen-bond donors (Lipinski definition) is 3. The molecule has 0 aliphatic rings. The summed E-state index contributed by atoms with van der Waals surface area (Å²) < 4.78 is 11.1. The lowest BCUT2D eigenvalue weighted by atomic mass is 9.93. The molecule has 1 aromatic rings. The molecule has 26 heavy (non-hydrogen) atoms. The lowest BCUT2D eigenvalue weighted by Crippen LogP contribution is -2.43. The molecule has 0 bridgehead atoms. The molecule has 0 saturated carbocycles. The number of benzene rings is 1. The van der Waals surface area contributed by atoms with Crippen LogP contribution in [0.2, 0.25) is 0 Å². The fraction of sp³-hybridized carbons (Fsp3) is 0.556. The van der Waals surface area contributed by atoms with Gasteiger partial charge in [0.15, 0.2) is 5.96 Å². The van der Waals surface area contributed by atoms with E-state index in [0.29, 0.717) is 25.6 Å². The van der Waals surface area contributed by atoms with Gasteiger partial charge in [-0.05, 0) is 39.8 Å². The maximum Gasteiger partial charge on any atom is 0.224 e. The number of primary amides is 1. The number of guanidine groups is 1. The third kappa shape index (κ3) is 8.59. The third-order valence-corrected chi connectivity index (χ3v) is 3.58. The minimum atomic E-state index is -0.689. The number of aliphatic imine (C=N–C) groups is 1. The van der Waals surface area contributed by atoms with Gasteiger partial charge >= 0.3 is 0 Å². The van der Waals surface area contributed by atoms with Crippen LogP contribution < -0.4 is 25.8 Å². The normalized spacial score (nSPS) is 12.6. The topological polar surface area (TPSA) is 98.0 Å². The third-order valence-electron chi connectivity index (χ3n) is 3.58. The predicted molar refractivity (Wildman–Crippen MR) is 115 cm³/mol. The first-order valence-corrected chi connectivity index (χ1v) is 8.41. The second-order valence-electron chi connectivity index (χ2n) is 6.43. The Hall–Kier alpha value is -1.71. The Morgan fingerprint density at radius 3 is 2.54 bits per heavy atom. The second-order valence-corrected chi connectivity index (χ2v) is 6.43. The molecule has 7 nitrogen and oxygen atoms in total. The first-order chi connectivity index (χ1) is 11.8. The number of carbonyl (C=O) groups excluding carboxylic acids is 1. The van der Waals surface area contributed by atoms with Crippen molar-refractivity contribution in [1.29, 1.82) is 0 Å². The standard InChI is InChI=1S/C18H30N4O3.HI/c1-6-20-17(22-12-18(3,4)16(19)23)21-11-13(2)25-15-9-7-8-14(10-15)24-5;/h7-10,13H,6,11-12H2,1-5H3,(H2,19,23)(H2,20,21,22);1H. The number of nitrogens with zero attached hydrogens (tertiary/aromatic N) is 1. The van der Waals surface area contributed by atoms with Crippen LogP contribution in [0.25, 0.3) is 0 Å². The molecule has 1 rings (SSSR count). The van der Waals surface area contributed by atoms with E-state index in [-0.39, 0.29) is 36.0 Å². The molecule has 0 fully saturated rings. The maximum atomic E-state index is 11.4. The minimum Gasteiger partial charge on any atom is -0.497 e. The quantitative estimate of drug-likeness (QED) is 0.287. The molecule has 1 atom stereocenters. The van der Waals surface area contributed by atoms with Crippen molar-refractivity contribution in [3.05, 3.63) is 24.3 Å². The average molecular weight is 478 g/mol. The largest absolute Gasteiger partial charge is 0.497 e. The number of ether oxygens (including phenoxy) is 2. The Morgan fingerprint density at radius 1 is 1.31 bits per heavy atom. The Morgan fingerprint density at radius 2 is 1.96 bits per heavy atom. The zero-order chi connectivity index (χ0) is 18.9. The molecule has 0 heterocycles. The number of hydrogen-bond acceptors (Lipinski definition) is 4. The number of amides is 1. The van der Waals surface area contributed by atoms with E-state index in [4.69, 9.17) is 15.2 Å². The SMILES string of the molecule is CCNC(=NCC(C)(C)C(N)=O)NCC(C)Oc1cccc(OC)c1.I. The van der Waals surface area contributed by atoms with Gasteiger partial charge in [-0.25, -0.2) is 0 Å². The molecule has 1 unspecified atom stereocenters. The van der Waals surface area contributed by atoms with Crippen LogP contribution in [0.3, 0.4) is 0 Å². The molecule has 1 aromatic carbocycles. The molecule has 0 saturated heterocycles. The van der Waals surface area contributed by atoms with Crippen LogP contribution >= 0.6 is 24.0 Å². The van der Waals surface area contributed by atoms with Crippen molar-refractivity contribution in [3.8, 4) is 11.5 Å². The van der Waals surface area contributed by atoms with Gasteiger partial charge in [-0.1, -0.05) is 6.07 Å². The van der Waals surface area contributed by atoms with E-state index in [2.05, 4.69) is 15.6 Å². The summed E-state index contributed by atoms with van der Waals surface area (Å²) in [6.07, 6.45) is -0.0832. The zero-order valence-corrected chi connectivity index (χ0v) is 18.5. The summed E-state index contributed by atoms with van der Waals surface area (Å²) >= 11 is 0. The van der Waals surface area contributed by atoms with Gasteiger partial charge < -0.3 is 25.8 Å². The van der Waals surface area contributed by atoms with Crippen molar-refractivity contribution in [1.82, 2.24) is 10.6 Å². The molecule has 0 radical (unpaired) electrons. The Balaban J connectivity index is 0.00000625. The van der Waals surface area contributed by atoms with Crippen molar-refractivity contribution in [2.24, 2.45) is 16.1 Å². The Kier molecular flexibility index (Phi) is 11.0. The molecular formula is C18H31IN4O3. The first-order valence-electron chi connectivity index (χ1n) is 8.41. The summed E-state index contributed by atoms with van der Waals surface area (Å²) in [6, 6.07) is 7.47. The van der Waals surface area contributed by atoms with Crippen molar-refractivity contribution in [3.63, 3.8) is 0 Å². The summed E-state index contributed by atoms with van der Waals surface area (Å²) in [6.45, 7) is 9.07. The van der Waals surface area contributed by atoms with E-state index < -0.39 is 5.41 Å². The maximum absolute atomic E-state index is 11.4. The molecular weight excluding hydrogens is 447 g/mol. The molecule has 0 aliphatic heterocycles. The lowest BCUT2D eigenvalue weighted by molar-refractivity contribution is -0.125. The van der Waals surface area contributed by atoms with Gasteiger partial charge in [0, 0.05) is 12.6 Å². The van der Waals surface area contributed by atoms with E-state index in [0.717, 1.165) is 11.5 Å². The number of carbonyl (C=O) groups is 1. The summed E-state index contributed by atoms with van der Waals surface area (Å²) in [7, 11) is 1.62. The number of nitrogens with one attached hydrogen (secondary N) is 2. The van der Waals surface area contributed by atoms with Gasteiger partial charge in [-0.15, -0.1) is 24.0 Å². The van der Waals surface area contributed by atoms with Crippen molar-refractivity contribution in [2.75, 3.05) is 26.7 Å². The van der Waals surface area contributed by atoms with E-state index in [1.165, 1.54) is 0 Å². The highest BCUT2D eigenvalue weighted by atomic mass is 127. The van der Waals surface area contributed by atoms with E-state index in [1.807, 2.05) is 38.1 Å². The molecule has 1 amide bonds. The predicted octanol–water partition coefficient (Wildman–Crippen LogP) is 2.15. The fourth-order valence-electron chi connectivity index (χ4n) is 1.89. The smallest absolute Gasteiger partial charge is 0.224 e. The van der Waals surface area contributed by atoms with Crippen LogP contribution in [-0.2, 0) is 4.79 Å². The number of rotatable bonds is 9. The minimum absolute atomic E-state index is 0. The van der Waals surface area contributed by atoms with Gasteiger partial charge in [0.2, 0.25) is 5.91 Å². The van der Waals surface area contributed by atoms with Gasteiger partial charge in [0.25, 0.3) is 0 Å². The van der Waals surface area contributed by atoms with Crippen molar-refractivity contribution in [2.45, 2.75) is 33.8 Å². The van der Waals surface area contributed by atoms with Gasteiger partial charge in [-0.3, -0.25) is 9.79 Å². The molecule has 4 N–H and O–H groups in total. The van der Waals surface area contributed by atoms with Crippen LogP contribution in [0.1, 0.15) is 27.7 Å². The van der Waals surface area contributed by atoms with E-state index >= 15 is 0 Å². The van der Waals surface area contributed by atoms with E-state index in [1.54, 1.807) is 21.0 Å². The van der Waals surface area contributed by atoms with E-state index in [9.17, 15) is 4.79 Å². The second kappa shape index (κ2) is 11.8. The first kappa shape index (κ1) is 24.3. The van der Waals surface area contributed by atoms with Crippen LogP contribution in [-0.4, -0.2) is 44.7 Å². The average Bonchev–Trinajstić information content (AvgIpc) is 2.57. The summed E-state index contributed by atoms with van der Waals surface area (Å²) in [5, 5.41) is 6.35. The number of halogens is 1. The number of methoxy groups -OCH3 is 1. The van der Waals surface area contributed by atoms with Gasteiger partial charge in [0.05, 0.1) is 25.6 Å². The molecule has 0 aliphatic carbocycles. The lowest BCUT2D eigenvalue weighted by Gasteiger charge is -2.20. The summed E-state index contributed by atoms with van der Waals surface area (Å²) in [5.41, 5.74) is 4.69. The highest BCUT2D eigenvalue weighted by Gasteiger charge is 2.24. The van der Waals surface area contributed by atoms with Crippen LogP contribution in [0.15, 0.2) is 29.3 Å². The summed E-state index contributed by atoms with van der Waals surface area (Å²) in [4.78, 5) is 15.8. The Labute approximate surface area is 173 Å². The van der Waals surface area contributed by atoms with Gasteiger partial charge in [0.1, 0.15) is 17.6 Å². The van der Waals surface area contributed by atoms with Crippen LogP contribution in [0.4, 0.5) is 0 Å². The molecule has 8 heteroatoms. The van der Waals surface area contributed by atoms with Crippen molar-refractivity contribution < 1.29 is 14.3 Å². The Bertz CT molecular complexity index is 594. The zero-order valence-electron chi connectivity index (χ0n) is 16.2. The molecule has 148 valence electrons. The summed E-state index contributed by atoms with van der Waals surface area (Å²) in [5.74, 6) is 1.74. The van der Waals surface area contributed by atoms with Crippen LogP contribution in [0, 0.1) is 5.41 Å². The molecule has 0 spiro atoms. The van der Waals surface area contributed by atoms with Gasteiger partial charge in [-0.2, -0.15) is 0 Å². The highest BCUT2D eigenvalue weighted by molar-refractivity contribution is 14.0. The van der Waals surface area contributed by atoms with Crippen molar-refractivity contribution >= 4 is 35.8 Å². The van der Waals surface area contributed by atoms with Crippen LogP contribution in [0.5, 0.6) is 11.5 Å².